The van der Waals surface area contributed by atoms with E-state index in [1.54, 1.807) is 0 Å². The molecule has 2 unspecified atom stereocenters. The lowest BCUT2D eigenvalue weighted by atomic mass is 9.85. The van der Waals surface area contributed by atoms with Gasteiger partial charge >= 0.3 is 5.97 Å². The molecule has 1 saturated carbocycles. The van der Waals surface area contributed by atoms with Crippen molar-refractivity contribution in [1.29, 1.82) is 0 Å². The van der Waals surface area contributed by atoms with Crippen LogP contribution < -0.4 is 5.73 Å². The Morgan fingerprint density at radius 2 is 2.25 bits per heavy atom. The van der Waals surface area contributed by atoms with Crippen molar-refractivity contribution in [2.24, 2.45) is 11.7 Å². The van der Waals surface area contributed by atoms with Gasteiger partial charge in [-0.05, 0) is 25.2 Å². The second-order valence-corrected chi connectivity index (χ2v) is 4.39. The number of nitrogens with two attached hydrogens (primary N) is 1. The molecule has 0 bridgehead atoms. The first kappa shape index (κ1) is 13.5. The third-order valence-electron chi connectivity index (χ3n) is 3.09. The van der Waals surface area contributed by atoms with E-state index in [1.807, 2.05) is 0 Å². The Balaban J connectivity index is 2.17. The Labute approximate surface area is 97.5 Å². The molecule has 1 aliphatic carbocycles. The Bertz CT molecular complexity index is 208. The quantitative estimate of drug-likeness (QED) is 0.553. The number of carbonyl (C=O) groups excluding carboxylic acids is 1. The molecule has 0 aromatic carbocycles. The molecule has 0 saturated heterocycles. The van der Waals surface area contributed by atoms with Gasteiger partial charge in [-0.2, -0.15) is 0 Å². The maximum absolute atomic E-state index is 11.4. The first-order chi connectivity index (χ1) is 7.76. The minimum absolute atomic E-state index is 0.0322. The molecule has 0 aliphatic heterocycles. The van der Waals surface area contributed by atoms with E-state index in [9.17, 15) is 4.79 Å². The van der Waals surface area contributed by atoms with Gasteiger partial charge in [0.1, 0.15) is 12.7 Å². The van der Waals surface area contributed by atoms with E-state index in [0.29, 0.717) is 13.2 Å². The monoisotopic (exact) mass is 229 g/mol. The van der Waals surface area contributed by atoms with E-state index >= 15 is 0 Å². The van der Waals surface area contributed by atoms with Gasteiger partial charge in [0.15, 0.2) is 0 Å². The SMILES string of the molecule is CCC1CCCC(OC(=O)COCCN)C1. The van der Waals surface area contributed by atoms with E-state index in [-0.39, 0.29) is 18.7 Å². The molecule has 4 nitrogen and oxygen atoms in total. The summed E-state index contributed by atoms with van der Waals surface area (Å²) in [4.78, 5) is 11.4. The molecule has 0 aromatic rings. The number of esters is 1. The predicted molar refractivity (Wildman–Crippen MR) is 62.0 cm³/mol. The van der Waals surface area contributed by atoms with Crippen molar-refractivity contribution in [1.82, 2.24) is 0 Å². The minimum Gasteiger partial charge on any atom is -0.461 e. The number of rotatable bonds is 6. The Morgan fingerprint density at radius 1 is 1.44 bits per heavy atom. The lowest BCUT2D eigenvalue weighted by Crippen LogP contribution is -2.27. The van der Waals surface area contributed by atoms with Crippen molar-refractivity contribution < 1.29 is 14.3 Å². The summed E-state index contributed by atoms with van der Waals surface area (Å²) < 4.78 is 10.4. The molecule has 0 heterocycles. The van der Waals surface area contributed by atoms with Crippen LogP contribution in [0.3, 0.4) is 0 Å². The largest absolute Gasteiger partial charge is 0.461 e. The van der Waals surface area contributed by atoms with Crippen LogP contribution >= 0.6 is 0 Å². The molecule has 0 aromatic heterocycles. The topological polar surface area (TPSA) is 61.5 Å². The van der Waals surface area contributed by atoms with Crippen LogP contribution in [0, 0.1) is 5.92 Å². The van der Waals surface area contributed by atoms with Gasteiger partial charge < -0.3 is 15.2 Å². The number of carbonyl (C=O) groups is 1. The lowest BCUT2D eigenvalue weighted by molar-refractivity contribution is -0.156. The standard InChI is InChI=1S/C12H23NO3/c1-2-10-4-3-5-11(8-10)16-12(14)9-15-7-6-13/h10-11H,2-9,13H2,1H3. The van der Waals surface area contributed by atoms with Gasteiger partial charge in [0, 0.05) is 6.54 Å². The normalized spacial score (nSPS) is 25.4. The summed E-state index contributed by atoms with van der Waals surface area (Å²) in [6.07, 6.45) is 5.73. The van der Waals surface area contributed by atoms with E-state index < -0.39 is 0 Å². The van der Waals surface area contributed by atoms with Crippen molar-refractivity contribution in [2.75, 3.05) is 19.8 Å². The van der Waals surface area contributed by atoms with Gasteiger partial charge in [-0.3, -0.25) is 0 Å². The predicted octanol–water partition coefficient (Wildman–Crippen LogP) is 1.47. The fourth-order valence-corrected chi connectivity index (χ4v) is 2.18. The van der Waals surface area contributed by atoms with Crippen LogP contribution in [0.25, 0.3) is 0 Å². The zero-order chi connectivity index (χ0) is 11.8. The number of hydrogen-bond acceptors (Lipinski definition) is 4. The van der Waals surface area contributed by atoms with Gasteiger partial charge in [-0.1, -0.05) is 19.8 Å². The molecule has 0 amide bonds. The van der Waals surface area contributed by atoms with Crippen LogP contribution in [0.2, 0.25) is 0 Å². The second-order valence-electron chi connectivity index (χ2n) is 4.39. The van der Waals surface area contributed by atoms with Gasteiger partial charge in [0.05, 0.1) is 6.61 Å². The van der Waals surface area contributed by atoms with Crippen LogP contribution in [0.15, 0.2) is 0 Å². The zero-order valence-corrected chi connectivity index (χ0v) is 10.1. The zero-order valence-electron chi connectivity index (χ0n) is 10.1. The van der Waals surface area contributed by atoms with E-state index in [2.05, 4.69) is 6.92 Å². The summed E-state index contributed by atoms with van der Waals surface area (Å²) in [6.45, 7) is 3.08. The molecule has 2 atom stereocenters. The average Bonchev–Trinajstić information content (AvgIpc) is 2.29. The van der Waals surface area contributed by atoms with Crippen molar-refractivity contribution in [3.8, 4) is 0 Å². The van der Waals surface area contributed by atoms with Crippen molar-refractivity contribution in [3.05, 3.63) is 0 Å². The molecule has 16 heavy (non-hydrogen) atoms. The molecule has 1 fully saturated rings. The second kappa shape index (κ2) is 7.63. The fraction of sp³-hybridized carbons (Fsp3) is 0.917. The number of hydrogen-bond donors (Lipinski definition) is 1. The molecule has 1 rings (SSSR count). The lowest BCUT2D eigenvalue weighted by Gasteiger charge is -2.28. The summed E-state index contributed by atoms with van der Waals surface area (Å²) in [5.74, 6) is 0.465. The average molecular weight is 229 g/mol. The van der Waals surface area contributed by atoms with Gasteiger partial charge in [-0.15, -0.1) is 0 Å². The molecule has 4 heteroatoms. The number of ether oxygens (including phenoxy) is 2. The molecule has 0 radical (unpaired) electrons. The minimum atomic E-state index is -0.254. The van der Waals surface area contributed by atoms with Gasteiger partial charge in [0.25, 0.3) is 0 Å². The van der Waals surface area contributed by atoms with E-state index in [4.69, 9.17) is 15.2 Å². The summed E-state index contributed by atoms with van der Waals surface area (Å²) in [7, 11) is 0. The highest BCUT2D eigenvalue weighted by atomic mass is 16.6. The van der Waals surface area contributed by atoms with Crippen LogP contribution in [-0.4, -0.2) is 31.8 Å². The molecule has 94 valence electrons. The third kappa shape index (κ3) is 4.94. The van der Waals surface area contributed by atoms with Gasteiger partial charge in [0.2, 0.25) is 0 Å². The molecule has 2 N–H and O–H groups in total. The summed E-state index contributed by atoms with van der Waals surface area (Å²) >= 11 is 0. The van der Waals surface area contributed by atoms with Crippen LogP contribution in [-0.2, 0) is 14.3 Å². The fourth-order valence-electron chi connectivity index (χ4n) is 2.18. The maximum Gasteiger partial charge on any atom is 0.332 e. The Morgan fingerprint density at radius 3 is 2.94 bits per heavy atom. The maximum atomic E-state index is 11.4. The van der Waals surface area contributed by atoms with E-state index in [0.717, 1.165) is 18.8 Å². The summed E-state index contributed by atoms with van der Waals surface area (Å²) in [5.41, 5.74) is 5.26. The summed E-state index contributed by atoms with van der Waals surface area (Å²) in [5, 5.41) is 0. The Kier molecular flexibility index (Phi) is 6.42. The first-order valence-electron chi connectivity index (χ1n) is 6.23. The van der Waals surface area contributed by atoms with E-state index in [1.165, 1.54) is 19.3 Å². The van der Waals surface area contributed by atoms with Crippen molar-refractivity contribution in [3.63, 3.8) is 0 Å². The molecular formula is C12H23NO3. The first-order valence-corrected chi connectivity index (χ1v) is 6.23. The Hall–Kier alpha value is -0.610. The van der Waals surface area contributed by atoms with Gasteiger partial charge in [-0.25, -0.2) is 4.79 Å². The van der Waals surface area contributed by atoms with Crippen LogP contribution in [0.1, 0.15) is 39.0 Å². The molecule has 1 aliphatic rings. The highest BCUT2D eigenvalue weighted by molar-refractivity contribution is 5.70. The third-order valence-corrected chi connectivity index (χ3v) is 3.09. The molecular weight excluding hydrogens is 206 g/mol. The smallest absolute Gasteiger partial charge is 0.332 e. The summed E-state index contributed by atoms with van der Waals surface area (Å²) in [6, 6.07) is 0. The van der Waals surface area contributed by atoms with Crippen LogP contribution in [0.5, 0.6) is 0 Å². The molecule has 0 spiro atoms. The van der Waals surface area contributed by atoms with Crippen LogP contribution in [0.4, 0.5) is 0 Å². The van der Waals surface area contributed by atoms with Crippen molar-refractivity contribution >= 4 is 5.97 Å². The highest BCUT2D eigenvalue weighted by Crippen LogP contribution is 2.28. The van der Waals surface area contributed by atoms with Crippen molar-refractivity contribution in [2.45, 2.75) is 45.1 Å². The highest BCUT2D eigenvalue weighted by Gasteiger charge is 2.23.